The van der Waals surface area contributed by atoms with Gasteiger partial charge in [0.1, 0.15) is 0 Å². The molecule has 0 spiro atoms. The molecule has 1 atom stereocenters. The highest BCUT2D eigenvalue weighted by molar-refractivity contribution is 7.89. The standard InChI is InChI=1S/C21H23N3O4S/c1-13(14-4-7-17(8-5-14)22-21(26)15-2-3-15)24-29(27,28)18-9-10-19-16(12-18)6-11-20(25)23-19/h4-5,7-10,12-13,15,24H,2-3,6,11H2,1H3,(H,22,26)(H,23,25). The Morgan fingerprint density at radius 3 is 2.52 bits per heavy atom. The van der Waals surface area contributed by atoms with Crippen LogP contribution in [-0.4, -0.2) is 20.2 Å². The van der Waals surface area contributed by atoms with Crippen molar-refractivity contribution >= 4 is 33.2 Å². The molecule has 1 saturated carbocycles. The van der Waals surface area contributed by atoms with Crippen LogP contribution in [0.3, 0.4) is 0 Å². The van der Waals surface area contributed by atoms with E-state index in [-0.39, 0.29) is 22.6 Å². The second-order valence-electron chi connectivity index (χ2n) is 7.60. The van der Waals surface area contributed by atoms with Crippen molar-refractivity contribution in [2.24, 2.45) is 5.92 Å². The summed E-state index contributed by atoms with van der Waals surface area (Å²) in [6.45, 7) is 1.77. The molecule has 1 aliphatic carbocycles. The molecule has 152 valence electrons. The van der Waals surface area contributed by atoms with Crippen LogP contribution < -0.4 is 15.4 Å². The summed E-state index contributed by atoms with van der Waals surface area (Å²) in [5.74, 6) is 0.108. The third-order valence-corrected chi connectivity index (χ3v) is 6.78. The van der Waals surface area contributed by atoms with Crippen LogP contribution in [0, 0.1) is 5.92 Å². The van der Waals surface area contributed by atoms with Gasteiger partial charge in [-0.1, -0.05) is 12.1 Å². The van der Waals surface area contributed by atoms with Gasteiger partial charge in [-0.3, -0.25) is 9.59 Å². The molecule has 29 heavy (non-hydrogen) atoms. The molecule has 0 bridgehead atoms. The number of amides is 2. The Morgan fingerprint density at radius 2 is 1.83 bits per heavy atom. The number of anilines is 2. The molecular formula is C21H23N3O4S. The molecule has 2 aromatic carbocycles. The largest absolute Gasteiger partial charge is 0.326 e. The molecule has 0 radical (unpaired) electrons. The fourth-order valence-corrected chi connectivity index (χ4v) is 4.62. The van der Waals surface area contributed by atoms with Crippen molar-refractivity contribution in [3.63, 3.8) is 0 Å². The van der Waals surface area contributed by atoms with Gasteiger partial charge in [-0.25, -0.2) is 13.1 Å². The zero-order valence-electron chi connectivity index (χ0n) is 16.1. The lowest BCUT2D eigenvalue weighted by molar-refractivity contribution is -0.117. The zero-order chi connectivity index (χ0) is 20.6. The molecule has 0 aromatic heterocycles. The molecule has 1 unspecified atom stereocenters. The lowest BCUT2D eigenvalue weighted by Crippen LogP contribution is -2.27. The van der Waals surface area contributed by atoms with Gasteiger partial charge in [-0.05, 0) is 67.6 Å². The predicted molar refractivity (Wildman–Crippen MR) is 110 cm³/mol. The summed E-state index contributed by atoms with van der Waals surface area (Å²) >= 11 is 0. The SMILES string of the molecule is CC(NS(=O)(=O)c1ccc2c(c1)CCC(=O)N2)c1ccc(NC(=O)C2CC2)cc1. The average molecular weight is 413 g/mol. The highest BCUT2D eigenvalue weighted by atomic mass is 32.2. The number of sulfonamides is 1. The topological polar surface area (TPSA) is 104 Å². The molecule has 7 nitrogen and oxygen atoms in total. The molecule has 3 N–H and O–H groups in total. The molecule has 4 rings (SSSR count). The first-order valence-electron chi connectivity index (χ1n) is 9.68. The van der Waals surface area contributed by atoms with Crippen LogP contribution in [0.2, 0.25) is 0 Å². The quantitative estimate of drug-likeness (QED) is 0.677. The number of hydrogen-bond acceptors (Lipinski definition) is 4. The van der Waals surface area contributed by atoms with Gasteiger partial charge >= 0.3 is 0 Å². The van der Waals surface area contributed by atoms with E-state index in [0.29, 0.717) is 24.2 Å². The highest BCUT2D eigenvalue weighted by Gasteiger charge is 2.29. The Balaban J connectivity index is 1.44. The smallest absolute Gasteiger partial charge is 0.241 e. The van der Waals surface area contributed by atoms with Crippen LogP contribution >= 0.6 is 0 Å². The Labute approximate surface area is 169 Å². The second kappa shape index (κ2) is 7.61. The monoisotopic (exact) mass is 413 g/mol. The van der Waals surface area contributed by atoms with E-state index in [0.717, 1.165) is 24.0 Å². The molecule has 2 aromatic rings. The van der Waals surface area contributed by atoms with Crippen LogP contribution in [0.4, 0.5) is 11.4 Å². The number of carbonyl (C=O) groups is 2. The second-order valence-corrected chi connectivity index (χ2v) is 9.31. The number of carbonyl (C=O) groups excluding carboxylic acids is 2. The minimum atomic E-state index is -3.72. The summed E-state index contributed by atoms with van der Waals surface area (Å²) in [7, 11) is -3.72. The minimum Gasteiger partial charge on any atom is -0.326 e. The summed E-state index contributed by atoms with van der Waals surface area (Å²) in [6.07, 6.45) is 2.76. The van der Waals surface area contributed by atoms with Crippen LogP contribution in [0.25, 0.3) is 0 Å². The van der Waals surface area contributed by atoms with E-state index in [1.807, 2.05) is 0 Å². The number of fused-ring (bicyclic) bond motifs is 1. The first-order valence-corrected chi connectivity index (χ1v) is 11.2. The fourth-order valence-electron chi connectivity index (χ4n) is 3.34. The van der Waals surface area contributed by atoms with Gasteiger partial charge in [0.15, 0.2) is 0 Å². The van der Waals surface area contributed by atoms with Crippen molar-refractivity contribution in [2.75, 3.05) is 10.6 Å². The summed E-state index contributed by atoms with van der Waals surface area (Å²) in [5, 5.41) is 5.62. The first kappa shape index (κ1) is 19.6. The number of aryl methyl sites for hydroxylation is 1. The lowest BCUT2D eigenvalue weighted by Gasteiger charge is -2.19. The minimum absolute atomic E-state index is 0.0371. The van der Waals surface area contributed by atoms with E-state index >= 15 is 0 Å². The van der Waals surface area contributed by atoms with Crippen LogP contribution in [-0.2, 0) is 26.0 Å². The maximum atomic E-state index is 12.8. The Bertz CT molecular complexity index is 1060. The van der Waals surface area contributed by atoms with Crippen molar-refractivity contribution in [3.05, 3.63) is 53.6 Å². The first-order chi connectivity index (χ1) is 13.8. The molecule has 8 heteroatoms. The van der Waals surface area contributed by atoms with Gasteiger partial charge in [0, 0.05) is 29.8 Å². The lowest BCUT2D eigenvalue weighted by atomic mass is 10.0. The Morgan fingerprint density at radius 1 is 1.10 bits per heavy atom. The van der Waals surface area contributed by atoms with Crippen LogP contribution in [0.5, 0.6) is 0 Å². The number of benzene rings is 2. The summed E-state index contributed by atoms with van der Waals surface area (Å²) in [5.41, 5.74) is 2.98. The van der Waals surface area contributed by atoms with E-state index in [4.69, 9.17) is 0 Å². The molecule has 1 heterocycles. The number of rotatable bonds is 6. The van der Waals surface area contributed by atoms with Crippen molar-refractivity contribution in [2.45, 2.75) is 43.5 Å². The van der Waals surface area contributed by atoms with Gasteiger partial charge in [0.25, 0.3) is 0 Å². The maximum Gasteiger partial charge on any atom is 0.241 e. The zero-order valence-corrected chi connectivity index (χ0v) is 16.9. The van der Waals surface area contributed by atoms with E-state index in [1.54, 1.807) is 43.3 Å². The molecule has 0 saturated heterocycles. The summed E-state index contributed by atoms with van der Waals surface area (Å²) in [6, 6.07) is 11.5. The van der Waals surface area contributed by atoms with Crippen LogP contribution in [0.15, 0.2) is 47.4 Å². The molecule has 1 aliphatic heterocycles. The summed E-state index contributed by atoms with van der Waals surface area (Å²) < 4.78 is 28.3. The van der Waals surface area contributed by atoms with Crippen molar-refractivity contribution in [3.8, 4) is 0 Å². The molecule has 2 amide bonds. The van der Waals surface area contributed by atoms with Gasteiger partial charge in [-0.2, -0.15) is 0 Å². The van der Waals surface area contributed by atoms with Gasteiger partial charge in [0.2, 0.25) is 21.8 Å². The van der Waals surface area contributed by atoms with Gasteiger partial charge in [0.05, 0.1) is 4.90 Å². The molecule has 2 aliphatic rings. The Hall–Kier alpha value is -2.71. The average Bonchev–Trinajstić information content (AvgIpc) is 3.53. The third kappa shape index (κ3) is 4.49. The number of nitrogens with one attached hydrogen (secondary N) is 3. The summed E-state index contributed by atoms with van der Waals surface area (Å²) in [4.78, 5) is 23.5. The maximum absolute atomic E-state index is 12.8. The van der Waals surface area contributed by atoms with Crippen molar-refractivity contribution in [1.82, 2.24) is 4.72 Å². The van der Waals surface area contributed by atoms with Crippen molar-refractivity contribution < 1.29 is 18.0 Å². The van der Waals surface area contributed by atoms with E-state index in [1.165, 1.54) is 6.07 Å². The Kier molecular flexibility index (Phi) is 5.14. The highest BCUT2D eigenvalue weighted by Crippen LogP contribution is 2.30. The third-order valence-electron chi connectivity index (χ3n) is 5.24. The normalized spacial score (nSPS) is 17.2. The predicted octanol–water partition coefficient (Wildman–Crippen LogP) is 2.96. The fraction of sp³-hybridized carbons (Fsp3) is 0.333. The van der Waals surface area contributed by atoms with E-state index in [2.05, 4.69) is 15.4 Å². The van der Waals surface area contributed by atoms with E-state index < -0.39 is 16.1 Å². The molecular weight excluding hydrogens is 390 g/mol. The van der Waals surface area contributed by atoms with Crippen molar-refractivity contribution in [1.29, 1.82) is 0 Å². The van der Waals surface area contributed by atoms with E-state index in [9.17, 15) is 18.0 Å². The molecule has 1 fully saturated rings. The number of hydrogen-bond donors (Lipinski definition) is 3. The van der Waals surface area contributed by atoms with Crippen LogP contribution in [0.1, 0.15) is 43.4 Å². The van der Waals surface area contributed by atoms with Gasteiger partial charge in [-0.15, -0.1) is 0 Å². The van der Waals surface area contributed by atoms with Gasteiger partial charge < -0.3 is 10.6 Å².